The quantitative estimate of drug-likeness (QED) is 0.557. The van der Waals surface area contributed by atoms with Gasteiger partial charge < -0.3 is 19.6 Å². The van der Waals surface area contributed by atoms with E-state index in [0.717, 1.165) is 12.0 Å². The smallest absolute Gasteiger partial charge is 0.297 e. The van der Waals surface area contributed by atoms with Crippen molar-refractivity contribution < 1.29 is 9.53 Å². The maximum Gasteiger partial charge on any atom is 0.297 e. The van der Waals surface area contributed by atoms with Gasteiger partial charge in [-0.2, -0.15) is 9.50 Å². The van der Waals surface area contributed by atoms with Crippen LogP contribution in [0.15, 0.2) is 21.9 Å². The van der Waals surface area contributed by atoms with Crippen LogP contribution in [0.1, 0.15) is 42.1 Å². The Kier molecular flexibility index (Phi) is 5.60. The molecule has 180 valence electrons. The lowest BCUT2D eigenvalue weighted by molar-refractivity contribution is 0.0672. The van der Waals surface area contributed by atoms with E-state index < -0.39 is 0 Å². The summed E-state index contributed by atoms with van der Waals surface area (Å²) >= 11 is 0. The number of amides is 1. The van der Waals surface area contributed by atoms with Crippen molar-refractivity contribution in [2.24, 2.45) is 7.05 Å². The van der Waals surface area contributed by atoms with Crippen LogP contribution in [0.5, 0.6) is 0 Å². The minimum absolute atomic E-state index is 0.118. The molecule has 34 heavy (non-hydrogen) atoms. The molecule has 0 aromatic carbocycles. The molecule has 5 heterocycles. The van der Waals surface area contributed by atoms with Crippen molar-refractivity contribution in [3.63, 3.8) is 0 Å². The summed E-state index contributed by atoms with van der Waals surface area (Å²) in [5, 5.41) is 5.85. The van der Waals surface area contributed by atoms with Gasteiger partial charge in [-0.3, -0.25) is 24.2 Å². The fourth-order valence-corrected chi connectivity index (χ4v) is 4.63. The van der Waals surface area contributed by atoms with Crippen molar-refractivity contribution >= 4 is 22.9 Å². The number of aryl methyl sites for hydroxylation is 2. The lowest BCUT2D eigenvalue weighted by atomic mass is 10.1. The molecule has 12 heteroatoms. The van der Waals surface area contributed by atoms with Gasteiger partial charge in [0.1, 0.15) is 11.3 Å². The van der Waals surface area contributed by atoms with Gasteiger partial charge in [-0.1, -0.05) is 13.0 Å². The van der Waals surface area contributed by atoms with Crippen molar-refractivity contribution in [3.8, 4) is 0 Å². The van der Waals surface area contributed by atoms with Gasteiger partial charge in [-0.25, -0.2) is 4.98 Å². The monoisotopic (exact) mass is 468 g/mol. The highest BCUT2D eigenvalue weighted by Crippen LogP contribution is 2.22. The van der Waals surface area contributed by atoms with Gasteiger partial charge in [0.25, 0.3) is 22.8 Å². The Hall–Kier alpha value is -3.67. The topological polar surface area (TPSA) is 134 Å². The summed E-state index contributed by atoms with van der Waals surface area (Å²) in [5.41, 5.74) is 1.76. The van der Waals surface area contributed by atoms with Crippen LogP contribution in [0.3, 0.4) is 0 Å². The van der Waals surface area contributed by atoms with Crippen LogP contribution in [0, 0.1) is 0 Å². The summed E-state index contributed by atoms with van der Waals surface area (Å²) in [6, 6.07) is -0.199. The van der Waals surface area contributed by atoms with Gasteiger partial charge in [0.2, 0.25) is 0 Å². The molecule has 2 aliphatic heterocycles. The minimum Gasteiger partial charge on any atom is -0.377 e. The summed E-state index contributed by atoms with van der Waals surface area (Å²) in [6.45, 7) is 6.32. The lowest BCUT2D eigenvalue weighted by Crippen LogP contribution is -2.55. The molecule has 3 aromatic rings. The highest BCUT2D eigenvalue weighted by atomic mass is 16.5. The number of rotatable bonds is 4. The van der Waals surface area contributed by atoms with Crippen LogP contribution in [0.2, 0.25) is 0 Å². The first-order valence-corrected chi connectivity index (χ1v) is 11.5. The van der Waals surface area contributed by atoms with E-state index in [-0.39, 0.29) is 28.6 Å². The van der Waals surface area contributed by atoms with E-state index in [1.165, 1.54) is 15.4 Å². The molecule has 1 saturated heterocycles. The molecule has 2 aliphatic rings. The number of carbonyl (C=O) groups excluding carboxylic acids is 1. The SMILES string of the molecule is CCc1nc2nc(C3=CCOCC3)[nH]n2c(=O)c1N1CCN(C(=O)c2c[nH]n(C)c2=O)C(C)C1. The van der Waals surface area contributed by atoms with Crippen molar-refractivity contribution in [2.45, 2.75) is 32.7 Å². The standard InChI is InChI=1S/C22H28N8O4/c1-4-16-17(21(33)30-22(24-16)25-18(26-30)14-5-9-34-10-6-14)28-7-8-29(13(2)12-28)20(32)15-11-23-27(3)19(15)31/h5,11,13,23H,4,6-10,12H2,1-3H3,(H,24,25,26). The van der Waals surface area contributed by atoms with Gasteiger partial charge in [0, 0.05) is 38.9 Å². The van der Waals surface area contributed by atoms with E-state index in [1.54, 1.807) is 11.9 Å². The van der Waals surface area contributed by atoms with Crippen LogP contribution in [-0.2, 0) is 18.2 Å². The van der Waals surface area contributed by atoms with E-state index in [1.807, 2.05) is 24.8 Å². The zero-order chi connectivity index (χ0) is 24.0. The maximum atomic E-state index is 13.5. The van der Waals surface area contributed by atoms with E-state index in [2.05, 4.69) is 20.2 Å². The van der Waals surface area contributed by atoms with Crippen LogP contribution in [0.4, 0.5) is 5.69 Å². The molecule has 0 saturated carbocycles. The number of hydrogen-bond donors (Lipinski definition) is 2. The van der Waals surface area contributed by atoms with E-state index in [4.69, 9.17) is 4.74 Å². The molecule has 5 rings (SSSR count). The Morgan fingerprint density at radius 2 is 2.06 bits per heavy atom. The number of H-pyrrole nitrogens is 2. The Labute approximate surface area is 194 Å². The number of piperazine rings is 1. The number of nitrogens with zero attached hydrogens (tertiary/aromatic N) is 6. The molecule has 0 bridgehead atoms. The molecule has 2 N–H and O–H groups in total. The van der Waals surface area contributed by atoms with Gasteiger partial charge in [0.05, 0.1) is 18.9 Å². The fraction of sp³-hybridized carbons (Fsp3) is 0.500. The third kappa shape index (κ3) is 3.63. The summed E-state index contributed by atoms with van der Waals surface area (Å²) in [7, 11) is 1.57. The Bertz CT molecular complexity index is 1390. The predicted octanol–water partition coefficient (Wildman–Crippen LogP) is 0.161. The molecular formula is C22H28N8O4. The van der Waals surface area contributed by atoms with Crippen molar-refractivity contribution in [1.29, 1.82) is 0 Å². The molecule has 0 radical (unpaired) electrons. The number of aromatic amines is 2. The Morgan fingerprint density at radius 3 is 2.71 bits per heavy atom. The molecule has 0 spiro atoms. The Morgan fingerprint density at radius 1 is 1.24 bits per heavy atom. The number of carbonyl (C=O) groups is 1. The molecule has 1 unspecified atom stereocenters. The minimum atomic E-state index is -0.351. The number of anilines is 1. The molecule has 1 amide bonds. The first-order chi connectivity index (χ1) is 16.4. The van der Waals surface area contributed by atoms with Crippen molar-refractivity contribution in [2.75, 3.05) is 37.7 Å². The van der Waals surface area contributed by atoms with Crippen LogP contribution >= 0.6 is 0 Å². The molecule has 1 atom stereocenters. The summed E-state index contributed by atoms with van der Waals surface area (Å²) in [6.07, 6.45) is 4.70. The van der Waals surface area contributed by atoms with E-state index >= 15 is 0 Å². The van der Waals surface area contributed by atoms with Crippen molar-refractivity contribution in [1.82, 2.24) is 34.3 Å². The van der Waals surface area contributed by atoms with E-state index in [9.17, 15) is 14.4 Å². The second-order valence-corrected chi connectivity index (χ2v) is 8.67. The van der Waals surface area contributed by atoms with E-state index in [0.29, 0.717) is 62.3 Å². The third-order valence-corrected chi connectivity index (χ3v) is 6.52. The normalized spacial score (nSPS) is 19.0. The Balaban J connectivity index is 1.45. The van der Waals surface area contributed by atoms with Gasteiger partial charge in [-0.05, 0) is 25.3 Å². The molecule has 3 aromatic heterocycles. The lowest BCUT2D eigenvalue weighted by Gasteiger charge is -2.40. The number of hydrogen-bond acceptors (Lipinski definition) is 7. The summed E-state index contributed by atoms with van der Waals surface area (Å²) in [4.78, 5) is 51.6. The maximum absolute atomic E-state index is 13.5. The number of fused-ring (bicyclic) bond motifs is 1. The van der Waals surface area contributed by atoms with Gasteiger partial charge >= 0.3 is 0 Å². The zero-order valence-corrected chi connectivity index (χ0v) is 19.5. The second kappa shape index (κ2) is 8.60. The molecular weight excluding hydrogens is 440 g/mol. The van der Waals surface area contributed by atoms with Crippen LogP contribution in [0.25, 0.3) is 11.4 Å². The molecule has 1 fully saturated rings. The fourth-order valence-electron chi connectivity index (χ4n) is 4.63. The van der Waals surface area contributed by atoms with Gasteiger partial charge in [0.15, 0.2) is 5.82 Å². The predicted molar refractivity (Wildman–Crippen MR) is 125 cm³/mol. The highest BCUT2D eigenvalue weighted by Gasteiger charge is 2.32. The van der Waals surface area contributed by atoms with Gasteiger partial charge in [-0.15, -0.1) is 0 Å². The second-order valence-electron chi connectivity index (χ2n) is 8.67. The largest absolute Gasteiger partial charge is 0.377 e. The van der Waals surface area contributed by atoms with Crippen LogP contribution in [-0.4, -0.2) is 79.1 Å². The summed E-state index contributed by atoms with van der Waals surface area (Å²) < 4.78 is 8.04. The first-order valence-electron chi connectivity index (χ1n) is 11.5. The highest BCUT2D eigenvalue weighted by molar-refractivity contribution is 5.94. The molecule has 0 aliphatic carbocycles. The van der Waals surface area contributed by atoms with Crippen LogP contribution < -0.4 is 16.0 Å². The number of nitrogens with one attached hydrogen (secondary N) is 2. The third-order valence-electron chi connectivity index (χ3n) is 6.52. The number of ether oxygens (including phenoxy) is 1. The average molecular weight is 469 g/mol. The molecule has 12 nitrogen and oxygen atoms in total. The average Bonchev–Trinajstić information content (AvgIpc) is 3.42. The number of aromatic nitrogens is 6. The summed E-state index contributed by atoms with van der Waals surface area (Å²) in [5.74, 6) is 0.667. The van der Waals surface area contributed by atoms with Crippen molar-refractivity contribution in [3.05, 3.63) is 50.1 Å². The zero-order valence-electron chi connectivity index (χ0n) is 19.5. The first kappa shape index (κ1) is 22.1.